The lowest BCUT2D eigenvalue weighted by Gasteiger charge is -2.35. The standard InChI is InChI=1S/C22H21F2N3O/c1-14-4-3-5-17-15(2)12-20(25-21(14)17)26-8-10-27(11-9-26)22(28)18-7-6-16(23)13-19(18)24/h3-7,12-13H,8-11H2,1-2H3. The highest BCUT2D eigenvalue weighted by molar-refractivity contribution is 5.94. The van der Waals surface area contributed by atoms with Crippen molar-refractivity contribution in [2.24, 2.45) is 0 Å². The number of fused-ring (bicyclic) bond motifs is 1. The lowest BCUT2D eigenvalue weighted by atomic mass is 10.1. The Hall–Kier alpha value is -3.02. The molecule has 1 aromatic heterocycles. The molecule has 144 valence electrons. The number of anilines is 1. The molecule has 3 aromatic rings. The molecule has 1 amide bonds. The van der Waals surface area contributed by atoms with E-state index in [-0.39, 0.29) is 5.56 Å². The monoisotopic (exact) mass is 381 g/mol. The predicted molar refractivity (Wildman–Crippen MR) is 106 cm³/mol. The van der Waals surface area contributed by atoms with Gasteiger partial charge in [0, 0.05) is 37.6 Å². The molecule has 0 N–H and O–H groups in total. The number of hydrogen-bond acceptors (Lipinski definition) is 3. The first-order valence-corrected chi connectivity index (χ1v) is 9.30. The van der Waals surface area contributed by atoms with E-state index in [2.05, 4.69) is 24.0 Å². The summed E-state index contributed by atoms with van der Waals surface area (Å²) >= 11 is 0. The van der Waals surface area contributed by atoms with Gasteiger partial charge in [-0.25, -0.2) is 13.8 Å². The van der Waals surface area contributed by atoms with Gasteiger partial charge in [0.05, 0.1) is 11.1 Å². The van der Waals surface area contributed by atoms with E-state index in [0.717, 1.165) is 40.0 Å². The van der Waals surface area contributed by atoms with Gasteiger partial charge in [0.15, 0.2) is 0 Å². The van der Waals surface area contributed by atoms with Crippen molar-refractivity contribution in [2.75, 3.05) is 31.1 Å². The second-order valence-corrected chi connectivity index (χ2v) is 7.17. The Morgan fingerprint density at radius 2 is 1.71 bits per heavy atom. The van der Waals surface area contributed by atoms with Gasteiger partial charge in [0.25, 0.3) is 5.91 Å². The molecule has 4 nitrogen and oxygen atoms in total. The minimum atomic E-state index is -0.824. The number of para-hydroxylation sites is 1. The first-order valence-electron chi connectivity index (χ1n) is 9.30. The van der Waals surface area contributed by atoms with E-state index < -0.39 is 17.5 Å². The molecule has 1 saturated heterocycles. The van der Waals surface area contributed by atoms with E-state index in [9.17, 15) is 13.6 Å². The second-order valence-electron chi connectivity index (χ2n) is 7.17. The average molecular weight is 381 g/mol. The van der Waals surface area contributed by atoms with Gasteiger partial charge in [0.2, 0.25) is 0 Å². The fourth-order valence-corrected chi connectivity index (χ4v) is 3.68. The van der Waals surface area contributed by atoms with Gasteiger partial charge in [-0.3, -0.25) is 4.79 Å². The molecule has 2 aromatic carbocycles. The van der Waals surface area contributed by atoms with Crippen molar-refractivity contribution in [1.82, 2.24) is 9.88 Å². The molecule has 0 spiro atoms. The molecular formula is C22H21F2N3O. The normalized spacial score (nSPS) is 14.6. The number of benzene rings is 2. The minimum Gasteiger partial charge on any atom is -0.353 e. The van der Waals surface area contributed by atoms with Gasteiger partial charge in [-0.2, -0.15) is 0 Å². The van der Waals surface area contributed by atoms with Crippen molar-refractivity contribution >= 4 is 22.6 Å². The van der Waals surface area contributed by atoms with Gasteiger partial charge in [-0.15, -0.1) is 0 Å². The molecule has 1 aliphatic rings. The molecule has 0 bridgehead atoms. The maximum Gasteiger partial charge on any atom is 0.256 e. The molecule has 2 heterocycles. The highest BCUT2D eigenvalue weighted by atomic mass is 19.1. The second kappa shape index (κ2) is 7.19. The molecule has 4 rings (SSSR count). The highest BCUT2D eigenvalue weighted by Gasteiger charge is 2.25. The van der Waals surface area contributed by atoms with Crippen molar-refractivity contribution in [2.45, 2.75) is 13.8 Å². The topological polar surface area (TPSA) is 36.4 Å². The molecule has 0 unspecified atom stereocenters. The molecular weight excluding hydrogens is 360 g/mol. The number of aromatic nitrogens is 1. The maximum absolute atomic E-state index is 13.9. The Morgan fingerprint density at radius 3 is 2.43 bits per heavy atom. The molecule has 0 atom stereocenters. The number of pyridine rings is 1. The third-order valence-corrected chi connectivity index (χ3v) is 5.29. The van der Waals surface area contributed by atoms with Gasteiger partial charge in [0.1, 0.15) is 17.5 Å². The van der Waals surface area contributed by atoms with E-state index >= 15 is 0 Å². The molecule has 6 heteroatoms. The first kappa shape index (κ1) is 18.3. The van der Waals surface area contributed by atoms with Crippen LogP contribution in [0.4, 0.5) is 14.6 Å². The number of aryl methyl sites for hydroxylation is 2. The van der Waals surface area contributed by atoms with Crippen molar-refractivity contribution in [3.8, 4) is 0 Å². The van der Waals surface area contributed by atoms with Crippen LogP contribution >= 0.6 is 0 Å². The van der Waals surface area contributed by atoms with Crippen LogP contribution in [0.1, 0.15) is 21.5 Å². The van der Waals surface area contributed by atoms with Crippen molar-refractivity contribution in [3.63, 3.8) is 0 Å². The summed E-state index contributed by atoms with van der Waals surface area (Å²) < 4.78 is 27.0. The number of hydrogen-bond donors (Lipinski definition) is 0. The Morgan fingerprint density at radius 1 is 0.964 bits per heavy atom. The molecule has 1 aliphatic heterocycles. The van der Waals surface area contributed by atoms with Crippen LogP contribution in [0.25, 0.3) is 10.9 Å². The molecule has 28 heavy (non-hydrogen) atoms. The van der Waals surface area contributed by atoms with Gasteiger partial charge in [-0.1, -0.05) is 18.2 Å². The Labute approximate surface area is 162 Å². The number of amides is 1. The van der Waals surface area contributed by atoms with E-state index in [4.69, 9.17) is 4.98 Å². The highest BCUT2D eigenvalue weighted by Crippen LogP contribution is 2.25. The van der Waals surface area contributed by atoms with Crippen LogP contribution in [-0.4, -0.2) is 42.0 Å². The van der Waals surface area contributed by atoms with Gasteiger partial charge >= 0.3 is 0 Å². The summed E-state index contributed by atoms with van der Waals surface area (Å²) in [5.74, 6) is -1.03. The van der Waals surface area contributed by atoms with E-state index in [0.29, 0.717) is 26.2 Å². The zero-order valence-corrected chi connectivity index (χ0v) is 15.9. The molecule has 0 radical (unpaired) electrons. The van der Waals surface area contributed by atoms with Crippen LogP contribution in [0.2, 0.25) is 0 Å². The van der Waals surface area contributed by atoms with Crippen LogP contribution in [0, 0.1) is 25.5 Å². The smallest absolute Gasteiger partial charge is 0.256 e. The molecule has 0 saturated carbocycles. The van der Waals surface area contributed by atoms with Crippen molar-refractivity contribution < 1.29 is 13.6 Å². The number of rotatable bonds is 2. The summed E-state index contributed by atoms with van der Waals surface area (Å²) in [4.78, 5) is 21.2. The fraction of sp³-hybridized carbons (Fsp3) is 0.273. The first-order chi connectivity index (χ1) is 13.4. The predicted octanol–water partition coefficient (Wildman–Crippen LogP) is 4.09. The number of piperazine rings is 1. The van der Waals surface area contributed by atoms with Gasteiger partial charge in [-0.05, 0) is 43.2 Å². The van der Waals surface area contributed by atoms with E-state index in [1.807, 2.05) is 19.1 Å². The fourth-order valence-electron chi connectivity index (χ4n) is 3.68. The lowest BCUT2D eigenvalue weighted by molar-refractivity contribution is 0.0741. The Balaban J connectivity index is 1.52. The maximum atomic E-state index is 13.9. The summed E-state index contributed by atoms with van der Waals surface area (Å²) in [7, 11) is 0. The van der Waals surface area contributed by atoms with Crippen LogP contribution in [-0.2, 0) is 0 Å². The zero-order valence-electron chi connectivity index (χ0n) is 15.9. The van der Waals surface area contributed by atoms with E-state index in [1.54, 1.807) is 4.90 Å². The summed E-state index contributed by atoms with van der Waals surface area (Å²) in [6, 6.07) is 11.3. The summed E-state index contributed by atoms with van der Waals surface area (Å²) in [6.07, 6.45) is 0. The largest absolute Gasteiger partial charge is 0.353 e. The minimum absolute atomic E-state index is 0.0925. The molecule has 1 fully saturated rings. The van der Waals surface area contributed by atoms with Crippen LogP contribution in [0.5, 0.6) is 0 Å². The van der Waals surface area contributed by atoms with Crippen LogP contribution in [0.3, 0.4) is 0 Å². The third-order valence-electron chi connectivity index (χ3n) is 5.29. The summed E-state index contributed by atoms with van der Waals surface area (Å²) in [5, 5.41) is 1.14. The number of carbonyl (C=O) groups excluding carboxylic acids is 1. The summed E-state index contributed by atoms with van der Waals surface area (Å²) in [5.41, 5.74) is 3.19. The number of carbonyl (C=O) groups is 1. The lowest BCUT2D eigenvalue weighted by Crippen LogP contribution is -2.49. The molecule has 0 aliphatic carbocycles. The average Bonchev–Trinajstić information content (AvgIpc) is 2.68. The third kappa shape index (κ3) is 3.30. The zero-order chi connectivity index (χ0) is 19.8. The SMILES string of the molecule is Cc1cc(N2CCN(C(=O)c3ccc(F)cc3F)CC2)nc2c(C)cccc12. The van der Waals surface area contributed by atoms with Crippen molar-refractivity contribution in [3.05, 3.63) is 70.8 Å². The Bertz CT molecular complexity index is 1060. The number of halogens is 2. The van der Waals surface area contributed by atoms with Gasteiger partial charge < -0.3 is 9.80 Å². The van der Waals surface area contributed by atoms with Crippen molar-refractivity contribution in [1.29, 1.82) is 0 Å². The number of nitrogens with zero attached hydrogens (tertiary/aromatic N) is 3. The van der Waals surface area contributed by atoms with Crippen LogP contribution in [0.15, 0.2) is 42.5 Å². The summed E-state index contributed by atoms with van der Waals surface area (Å²) in [6.45, 7) is 6.26. The Kier molecular flexibility index (Phi) is 4.71. The van der Waals surface area contributed by atoms with E-state index in [1.165, 1.54) is 6.07 Å². The quantitative estimate of drug-likeness (QED) is 0.671. The van der Waals surface area contributed by atoms with Crippen LogP contribution < -0.4 is 4.90 Å².